The van der Waals surface area contributed by atoms with Gasteiger partial charge in [0.2, 0.25) is 15.9 Å². The van der Waals surface area contributed by atoms with E-state index in [0.29, 0.717) is 25.3 Å². The Labute approximate surface area is 94.6 Å². The molecule has 1 aliphatic heterocycles. The lowest BCUT2D eigenvalue weighted by atomic mass is 10.1. The molecule has 1 aliphatic rings. The SMILES string of the molecule is NC(=O)C1CCN(S(=O)(=O)CCCCl)C1. The van der Waals surface area contributed by atoms with Crippen molar-refractivity contribution in [3.05, 3.63) is 0 Å². The van der Waals surface area contributed by atoms with Crippen molar-refractivity contribution >= 4 is 27.5 Å². The van der Waals surface area contributed by atoms with Gasteiger partial charge in [0, 0.05) is 19.0 Å². The second-order valence-electron chi connectivity index (χ2n) is 3.60. The Kier molecular flexibility index (Phi) is 4.36. The summed E-state index contributed by atoms with van der Waals surface area (Å²) in [4.78, 5) is 10.9. The first-order valence-corrected chi connectivity index (χ1v) is 6.95. The number of primary amides is 1. The van der Waals surface area contributed by atoms with E-state index in [2.05, 4.69) is 0 Å². The van der Waals surface area contributed by atoms with Crippen molar-refractivity contribution in [3.8, 4) is 0 Å². The fourth-order valence-electron chi connectivity index (χ4n) is 1.58. The van der Waals surface area contributed by atoms with Crippen molar-refractivity contribution < 1.29 is 13.2 Å². The zero-order chi connectivity index (χ0) is 11.5. The Hall–Kier alpha value is -0.330. The number of rotatable bonds is 5. The summed E-state index contributed by atoms with van der Waals surface area (Å²) in [6, 6.07) is 0. The molecular weight excluding hydrogens is 240 g/mol. The van der Waals surface area contributed by atoms with E-state index in [9.17, 15) is 13.2 Å². The van der Waals surface area contributed by atoms with Crippen molar-refractivity contribution in [2.24, 2.45) is 11.7 Å². The zero-order valence-electron chi connectivity index (χ0n) is 8.36. The maximum absolute atomic E-state index is 11.7. The summed E-state index contributed by atoms with van der Waals surface area (Å²) in [5, 5.41) is 0. The minimum Gasteiger partial charge on any atom is -0.369 e. The molecule has 7 heteroatoms. The molecule has 15 heavy (non-hydrogen) atoms. The summed E-state index contributed by atoms with van der Waals surface area (Å²) in [5.41, 5.74) is 5.12. The van der Waals surface area contributed by atoms with E-state index in [-0.39, 0.29) is 18.2 Å². The zero-order valence-corrected chi connectivity index (χ0v) is 9.93. The first kappa shape index (κ1) is 12.7. The number of hydrogen-bond acceptors (Lipinski definition) is 3. The maximum atomic E-state index is 11.7. The average Bonchev–Trinajstić information content (AvgIpc) is 2.64. The number of nitrogens with two attached hydrogens (primary N) is 1. The van der Waals surface area contributed by atoms with Gasteiger partial charge in [-0.15, -0.1) is 11.6 Å². The molecule has 2 N–H and O–H groups in total. The minimum absolute atomic E-state index is 0.0436. The summed E-state index contributed by atoms with van der Waals surface area (Å²) >= 11 is 5.44. The van der Waals surface area contributed by atoms with Crippen molar-refractivity contribution in [1.29, 1.82) is 0 Å². The topological polar surface area (TPSA) is 80.5 Å². The number of nitrogens with zero attached hydrogens (tertiary/aromatic N) is 1. The van der Waals surface area contributed by atoms with Crippen LogP contribution in [0, 0.1) is 5.92 Å². The number of carbonyl (C=O) groups excluding carboxylic acids is 1. The van der Waals surface area contributed by atoms with E-state index >= 15 is 0 Å². The van der Waals surface area contributed by atoms with Crippen LogP contribution < -0.4 is 5.73 Å². The predicted octanol–water partition coefficient (Wildman–Crippen LogP) is -0.248. The van der Waals surface area contributed by atoms with E-state index in [1.807, 2.05) is 0 Å². The molecule has 1 rings (SSSR count). The summed E-state index contributed by atoms with van der Waals surface area (Å²) < 4.78 is 24.7. The van der Waals surface area contributed by atoms with Gasteiger partial charge in [-0.05, 0) is 12.8 Å². The molecule has 0 aliphatic carbocycles. The molecule has 0 radical (unpaired) electrons. The van der Waals surface area contributed by atoms with Crippen molar-refractivity contribution in [2.45, 2.75) is 12.8 Å². The molecule has 1 atom stereocenters. The largest absolute Gasteiger partial charge is 0.369 e. The number of amides is 1. The molecule has 88 valence electrons. The quantitative estimate of drug-likeness (QED) is 0.687. The summed E-state index contributed by atoms with van der Waals surface area (Å²) in [6.07, 6.45) is 0.955. The van der Waals surface area contributed by atoms with Crippen molar-refractivity contribution in [1.82, 2.24) is 4.31 Å². The smallest absolute Gasteiger partial charge is 0.221 e. The molecule has 0 bridgehead atoms. The van der Waals surface area contributed by atoms with Gasteiger partial charge >= 0.3 is 0 Å². The third kappa shape index (κ3) is 3.32. The normalized spacial score (nSPS) is 23.1. The van der Waals surface area contributed by atoms with E-state index < -0.39 is 15.9 Å². The highest BCUT2D eigenvalue weighted by molar-refractivity contribution is 7.89. The van der Waals surface area contributed by atoms with Gasteiger partial charge < -0.3 is 5.73 Å². The summed E-state index contributed by atoms with van der Waals surface area (Å²) in [5.74, 6) is -0.394. The van der Waals surface area contributed by atoms with Gasteiger partial charge in [0.25, 0.3) is 0 Å². The number of hydrogen-bond donors (Lipinski definition) is 1. The molecule has 1 heterocycles. The van der Waals surface area contributed by atoms with Gasteiger partial charge in [-0.1, -0.05) is 0 Å². The molecule has 1 saturated heterocycles. The molecular formula is C8H15ClN2O3S. The Bertz CT molecular complexity index is 331. The van der Waals surface area contributed by atoms with Crippen LogP contribution in [0.3, 0.4) is 0 Å². The second-order valence-corrected chi connectivity index (χ2v) is 6.07. The number of sulfonamides is 1. The third-order valence-electron chi connectivity index (χ3n) is 2.48. The highest BCUT2D eigenvalue weighted by atomic mass is 35.5. The Morgan fingerprint density at radius 3 is 2.67 bits per heavy atom. The van der Waals surface area contributed by atoms with Crippen LogP contribution in [0.25, 0.3) is 0 Å². The molecule has 0 aromatic rings. The lowest BCUT2D eigenvalue weighted by Crippen LogP contribution is -2.33. The fourth-order valence-corrected chi connectivity index (χ4v) is 3.43. The molecule has 1 amide bonds. The maximum Gasteiger partial charge on any atom is 0.221 e. The Balaban J connectivity index is 2.56. The van der Waals surface area contributed by atoms with Crippen LogP contribution in [-0.2, 0) is 14.8 Å². The van der Waals surface area contributed by atoms with Crippen LogP contribution in [0.5, 0.6) is 0 Å². The molecule has 5 nitrogen and oxygen atoms in total. The van der Waals surface area contributed by atoms with E-state index in [0.717, 1.165) is 0 Å². The van der Waals surface area contributed by atoms with Gasteiger partial charge in [0.1, 0.15) is 0 Å². The van der Waals surface area contributed by atoms with Gasteiger partial charge in [0.05, 0.1) is 11.7 Å². The van der Waals surface area contributed by atoms with Crippen LogP contribution in [0.1, 0.15) is 12.8 Å². The molecule has 1 unspecified atom stereocenters. The van der Waals surface area contributed by atoms with Gasteiger partial charge in [-0.3, -0.25) is 4.79 Å². The Morgan fingerprint density at radius 1 is 1.53 bits per heavy atom. The van der Waals surface area contributed by atoms with Gasteiger partial charge in [-0.25, -0.2) is 12.7 Å². The standard InChI is InChI=1S/C8H15ClN2O3S/c9-3-1-5-15(13,14)11-4-2-7(6-11)8(10)12/h7H,1-6H2,(H2,10,12). The second kappa shape index (κ2) is 5.14. The van der Waals surface area contributed by atoms with Crippen LogP contribution in [0.2, 0.25) is 0 Å². The molecule has 0 aromatic heterocycles. The summed E-state index contributed by atoms with van der Waals surface area (Å²) in [6.45, 7) is 0.609. The van der Waals surface area contributed by atoms with E-state index in [4.69, 9.17) is 17.3 Å². The highest BCUT2D eigenvalue weighted by Crippen LogP contribution is 2.19. The Morgan fingerprint density at radius 2 is 2.20 bits per heavy atom. The molecule has 1 fully saturated rings. The fraction of sp³-hybridized carbons (Fsp3) is 0.875. The monoisotopic (exact) mass is 254 g/mol. The van der Waals surface area contributed by atoms with Crippen LogP contribution in [0.4, 0.5) is 0 Å². The third-order valence-corrected chi connectivity index (χ3v) is 4.67. The lowest BCUT2D eigenvalue weighted by Gasteiger charge is -2.15. The van der Waals surface area contributed by atoms with Crippen LogP contribution in [-0.4, -0.2) is 43.4 Å². The minimum atomic E-state index is -3.25. The van der Waals surface area contributed by atoms with Crippen LogP contribution >= 0.6 is 11.6 Å². The highest BCUT2D eigenvalue weighted by Gasteiger charge is 2.33. The van der Waals surface area contributed by atoms with E-state index in [1.54, 1.807) is 0 Å². The van der Waals surface area contributed by atoms with Crippen molar-refractivity contribution in [3.63, 3.8) is 0 Å². The molecule has 0 aromatic carbocycles. The van der Waals surface area contributed by atoms with Gasteiger partial charge in [0.15, 0.2) is 0 Å². The van der Waals surface area contributed by atoms with Crippen molar-refractivity contribution in [2.75, 3.05) is 24.7 Å². The molecule has 0 saturated carbocycles. The summed E-state index contributed by atoms with van der Waals surface area (Å²) in [7, 11) is -3.25. The van der Waals surface area contributed by atoms with Crippen LogP contribution in [0.15, 0.2) is 0 Å². The molecule has 0 spiro atoms. The average molecular weight is 255 g/mol. The van der Waals surface area contributed by atoms with Gasteiger partial charge in [-0.2, -0.15) is 0 Å². The first-order valence-electron chi connectivity index (χ1n) is 4.80. The first-order chi connectivity index (χ1) is 6.97. The number of halogens is 1. The predicted molar refractivity (Wildman–Crippen MR) is 58.0 cm³/mol. The number of carbonyl (C=O) groups is 1. The van der Waals surface area contributed by atoms with E-state index in [1.165, 1.54) is 4.31 Å². The number of alkyl halides is 1. The lowest BCUT2D eigenvalue weighted by molar-refractivity contribution is -0.121.